The zero-order chi connectivity index (χ0) is 22.1. The minimum Gasteiger partial charge on any atom is -0.310 e. The summed E-state index contributed by atoms with van der Waals surface area (Å²) in [5, 5.41) is 7.17. The van der Waals surface area contributed by atoms with Gasteiger partial charge >= 0.3 is 0 Å². The third-order valence-corrected chi connectivity index (χ3v) is 7.62. The van der Waals surface area contributed by atoms with Crippen LogP contribution in [0.3, 0.4) is 0 Å². The Morgan fingerprint density at radius 3 is 2.33 bits per heavy atom. The van der Waals surface area contributed by atoms with Crippen molar-refractivity contribution in [1.29, 1.82) is 0 Å². The van der Waals surface area contributed by atoms with E-state index < -0.39 is 10.0 Å². The molecule has 1 aliphatic rings. The summed E-state index contributed by atoms with van der Waals surface area (Å²) in [5.74, 6) is 0.543. The number of carbonyl (C=O) groups is 1. The second-order valence-electron chi connectivity index (χ2n) is 8.13. The van der Waals surface area contributed by atoms with Crippen LogP contribution in [0.5, 0.6) is 0 Å². The Balaban J connectivity index is 1.63. The van der Waals surface area contributed by atoms with Crippen LogP contribution in [-0.4, -0.2) is 65.5 Å². The van der Waals surface area contributed by atoms with Gasteiger partial charge in [0, 0.05) is 38.3 Å². The van der Waals surface area contributed by atoms with Crippen molar-refractivity contribution >= 4 is 21.7 Å². The summed E-state index contributed by atoms with van der Waals surface area (Å²) in [6.07, 6.45) is 1.66. The molecular formula is C21H31N5O3S. The highest BCUT2D eigenvalue weighted by Crippen LogP contribution is 2.23. The number of nitrogens with one attached hydrogen (secondary N) is 1. The Labute approximate surface area is 178 Å². The second kappa shape index (κ2) is 8.87. The van der Waals surface area contributed by atoms with E-state index in [9.17, 15) is 13.2 Å². The molecule has 9 heteroatoms. The molecule has 1 fully saturated rings. The van der Waals surface area contributed by atoms with Crippen LogP contribution in [0.4, 0.5) is 5.82 Å². The molecule has 1 saturated heterocycles. The van der Waals surface area contributed by atoms with Gasteiger partial charge in [0.2, 0.25) is 15.9 Å². The molecule has 1 aromatic heterocycles. The zero-order valence-electron chi connectivity index (χ0n) is 18.3. The van der Waals surface area contributed by atoms with E-state index in [0.29, 0.717) is 36.9 Å². The van der Waals surface area contributed by atoms with Crippen LogP contribution >= 0.6 is 0 Å². The van der Waals surface area contributed by atoms with Crippen molar-refractivity contribution in [1.82, 2.24) is 19.0 Å². The van der Waals surface area contributed by atoms with Crippen LogP contribution in [0, 0.1) is 13.8 Å². The van der Waals surface area contributed by atoms with Gasteiger partial charge in [-0.15, -0.1) is 0 Å². The quantitative estimate of drug-likeness (QED) is 0.756. The number of piperazine rings is 1. The molecule has 0 saturated carbocycles. The number of amides is 1. The first-order valence-electron chi connectivity index (χ1n) is 10.3. The average molecular weight is 434 g/mol. The highest BCUT2D eigenvalue weighted by Gasteiger charge is 2.32. The molecular weight excluding hydrogens is 402 g/mol. The first-order valence-corrected chi connectivity index (χ1v) is 11.7. The van der Waals surface area contributed by atoms with Gasteiger partial charge in [0.1, 0.15) is 5.82 Å². The van der Waals surface area contributed by atoms with E-state index in [4.69, 9.17) is 0 Å². The number of rotatable bonds is 6. The molecule has 2 aromatic rings. The molecule has 0 unspecified atom stereocenters. The van der Waals surface area contributed by atoms with Gasteiger partial charge in [0.05, 0.1) is 17.1 Å². The van der Waals surface area contributed by atoms with Gasteiger partial charge in [-0.1, -0.05) is 17.7 Å². The predicted octanol–water partition coefficient (Wildman–Crippen LogP) is 2.41. The predicted molar refractivity (Wildman–Crippen MR) is 117 cm³/mol. The molecule has 1 N–H and O–H groups in total. The number of aromatic nitrogens is 2. The Bertz CT molecular complexity index is 1010. The average Bonchev–Trinajstić information content (AvgIpc) is 3.15. The largest absolute Gasteiger partial charge is 0.310 e. The fourth-order valence-electron chi connectivity index (χ4n) is 3.78. The molecule has 30 heavy (non-hydrogen) atoms. The molecule has 2 heterocycles. The summed E-state index contributed by atoms with van der Waals surface area (Å²) in [6.45, 7) is 11.3. The van der Waals surface area contributed by atoms with Crippen LogP contribution in [0.2, 0.25) is 0 Å². The topological polar surface area (TPSA) is 87.5 Å². The summed E-state index contributed by atoms with van der Waals surface area (Å²) in [6, 6.07) is 6.94. The molecule has 1 amide bonds. The maximum absolute atomic E-state index is 13.1. The maximum atomic E-state index is 13.1. The Morgan fingerprint density at radius 2 is 1.73 bits per heavy atom. The van der Waals surface area contributed by atoms with E-state index in [0.717, 1.165) is 11.1 Å². The smallest absolute Gasteiger partial charge is 0.243 e. The first-order chi connectivity index (χ1) is 14.1. The number of benzene rings is 1. The van der Waals surface area contributed by atoms with E-state index in [1.807, 2.05) is 51.7 Å². The van der Waals surface area contributed by atoms with Gasteiger partial charge < -0.3 is 5.32 Å². The maximum Gasteiger partial charge on any atom is 0.243 e. The van der Waals surface area contributed by atoms with Gasteiger partial charge in [-0.25, -0.2) is 13.1 Å². The molecule has 8 nitrogen and oxygen atoms in total. The number of hydrogen-bond donors (Lipinski definition) is 1. The van der Waals surface area contributed by atoms with Crippen molar-refractivity contribution in [3.8, 4) is 0 Å². The third-order valence-electron chi connectivity index (χ3n) is 5.56. The lowest BCUT2D eigenvalue weighted by Gasteiger charge is -2.37. The monoisotopic (exact) mass is 433 g/mol. The van der Waals surface area contributed by atoms with Crippen LogP contribution < -0.4 is 5.32 Å². The summed E-state index contributed by atoms with van der Waals surface area (Å²) >= 11 is 0. The lowest BCUT2D eigenvalue weighted by Crippen LogP contribution is -2.54. The van der Waals surface area contributed by atoms with E-state index in [1.54, 1.807) is 23.0 Å². The first kappa shape index (κ1) is 22.5. The number of anilines is 1. The fraction of sp³-hybridized carbons (Fsp3) is 0.524. The van der Waals surface area contributed by atoms with Gasteiger partial charge in [0.15, 0.2) is 0 Å². The van der Waals surface area contributed by atoms with Gasteiger partial charge in [-0.2, -0.15) is 9.40 Å². The minimum absolute atomic E-state index is 0.122. The number of carbonyl (C=O) groups excluding carboxylic acids is 1. The molecule has 0 spiro atoms. The Hall–Kier alpha value is -2.23. The SMILES string of the molecule is Cc1ccc(S(=O)(=O)N2CCN([C@@H](C)C(=O)Nc3ccnn3C(C)C)CC2)c(C)c1. The fourth-order valence-corrected chi connectivity index (χ4v) is 5.41. The van der Waals surface area contributed by atoms with E-state index in [1.165, 1.54) is 4.31 Å². The molecule has 0 radical (unpaired) electrons. The van der Waals surface area contributed by atoms with Crippen LogP contribution in [-0.2, 0) is 14.8 Å². The molecule has 3 rings (SSSR count). The molecule has 1 atom stereocenters. The zero-order valence-corrected chi connectivity index (χ0v) is 19.1. The summed E-state index contributed by atoms with van der Waals surface area (Å²) in [5.41, 5.74) is 1.79. The Morgan fingerprint density at radius 1 is 1.07 bits per heavy atom. The van der Waals surface area contributed by atoms with Crippen LogP contribution in [0.15, 0.2) is 35.4 Å². The minimum atomic E-state index is -3.54. The van der Waals surface area contributed by atoms with Crippen molar-refractivity contribution in [2.45, 2.75) is 51.6 Å². The van der Waals surface area contributed by atoms with Crippen molar-refractivity contribution in [3.63, 3.8) is 0 Å². The van der Waals surface area contributed by atoms with Crippen LogP contribution in [0.25, 0.3) is 0 Å². The summed E-state index contributed by atoms with van der Waals surface area (Å²) < 4.78 is 29.4. The van der Waals surface area contributed by atoms with Crippen molar-refractivity contribution in [2.75, 3.05) is 31.5 Å². The normalized spacial score (nSPS) is 17.3. The Kier molecular flexibility index (Phi) is 6.64. The van der Waals surface area contributed by atoms with E-state index in [-0.39, 0.29) is 18.0 Å². The van der Waals surface area contributed by atoms with E-state index >= 15 is 0 Å². The lowest BCUT2D eigenvalue weighted by atomic mass is 10.2. The van der Waals surface area contributed by atoms with E-state index in [2.05, 4.69) is 10.4 Å². The number of hydrogen-bond acceptors (Lipinski definition) is 5. The number of sulfonamides is 1. The molecule has 0 bridgehead atoms. The number of aryl methyl sites for hydroxylation is 2. The summed E-state index contributed by atoms with van der Waals surface area (Å²) in [4.78, 5) is 15.1. The highest BCUT2D eigenvalue weighted by molar-refractivity contribution is 7.89. The highest BCUT2D eigenvalue weighted by atomic mass is 32.2. The molecule has 164 valence electrons. The van der Waals surface area contributed by atoms with Gasteiger partial charge in [0.25, 0.3) is 0 Å². The lowest BCUT2D eigenvalue weighted by molar-refractivity contribution is -0.121. The van der Waals surface area contributed by atoms with Gasteiger partial charge in [-0.3, -0.25) is 9.69 Å². The van der Waals surface area contributed by atoms with Gasteiger partial charge in [-0.05, 0) is 46.2 Å². The molecule has 0 aliphatic carbocycles. The second-order valence-corrected chi connectivity index (χ2v) is 10.0. The van der Waals surface area contributed by atoms with Crippen molar-refractivity contribution in [3.05, 3.63) is 41.6 Å². The standard InChI is InChI=1S/C21H31N5O3S/c1-15(2)26-20(8-9-22-26)23-21(27)18(5)24-10-12-25(13-11-24)30(28,29)19-7-6-16(3)14-17(19)4/h6-9,14-15,18H,10-13H2,1-5H3,(H,23,27)/t18-/m0/s1. The van der Waals surface area contributed by atoms with Crippen molar-refractivity contribution < 1.29 is 13.2 Å². The molecule has 1 aromatic carbocycles. The molecule has 1 aliphatic heterocycles. The van der Waals surface area contributed by atoms with Crippen molar-refractivity contribution in [2.24, 2.45) is 0 Å². The third kappa shape index (κ3) is 4.58. The number of nitrogens with zero attached hydrogens (tertiary/aromatic N) is 4. The summed E-state index contributed by atoms with van der Waals surface area (Å²) in [7, 11) is -3.54. The van der Waals surface area contributed by atoms with Crippen LogP contribution in [0.1, 0.15) is 37.9 Å².